The maximum absolute atomic E-state index is 12.2. The fourth-order valence-corrected chi connectivity index (χ4v) is 4.29. The zero-order valence-electron chi connectivity index (χ0n) is 12.1. The van der Waals surface area contributed by atoms with E-state index in [-0.39, 0.29) is 6.03 Å². The van der Waals surface area contributed by atoms with E-state index in [4.69, 9.17) is 0 Å². The maximum atomic E-state index is 12.2. The van der Waals surface area contributed by atoms with Crippen LogP contribution < -0.4 is 5.32 Å². The predicted molar refractivity (Wildman–Crippen MR) is 80.0 cm³/mol. The van der Waals surface area contributed by atoms with Gasteiger partial charge in [-0.15, -0.1) is 0 Å². The number of carboxylic acids is 1. The number of nitrogens with zero attached hydrogens (tertiary/aromatic N) is 1. The molecule has 0 spiro atoms. The third-order valence-corrected chi connectivity index (χ3v) is 5.79. The smallest absolute Gasteiger partial charge is 0.317 e. The minimum atomic E-state index is -0.773. The highest BCUT2D eigenvalue weighted by Gasteiger charge is 2.42. The summed E-state index contributed by atoms with van der Waals surface area (Å²) >= 11 is 1.93. The zero-order valence-corrected chi connectivity index (χ0v) is 12.9. The fraction of sp³-hybridized carbons (Fsp3) is 0.857. The first-order valence-corrected chi connectivity index (χ1v) is 8.57. The van der Waals surface area contributed by atoms with E-state index >= 15 is 0 Å². The van der Waals surface area contributed by atoms with Crippen molar-refractivity contribution < 1.29 is 14.7 Å². The van der Waals surface area contributed by atoms with Crippen LogP contribution in [0.3, 0.4) is 0 Å². The summed E-state index contributed by atoms with van der Waals surface area (Å²) in [7, 11) is 0. The first-order valence-electron chi connectivity index (χ1n) is 7.41. The van der Waals surface area contributed by atoms with Crippen LogP contribution in [0.1, 0.15) is 32.6 Å². The van der Waals surface area contributed by atoms with Crippen LogP contribution in [0.2, 0.25) is 0 Å². The molecule has 0 aromatic heterocycles. The number of amides is 2. The number of aliphatic carboxylic acids is 1. The summed E-state index contributed by atoms with van der Waals surface area (Å²) in [6.07, 6.45) is 3.18. The van der Waals surface area contributed by atoms with Crippen LogP contribution in [0.4, 0.5) is 4.79 Å². The Morgan fingerprint density at radius 1 is 1.50 bits per heavy atom. The van der Waals surface area contributed by atoms with Gasteiger partial charge in [0, 0.05) is 19.6 Å². The van der Waals surface area contributed by atoms with E-state index in [1.807, 2.05) is 18.7 Å². The third-order valence-electron chi connectivity index (χ3n) is 4.56. The molecule has 2 rings (SSSR count). The molecule has 2 heterocycles. The Bertz CT molecular complexity index is 371. The van der Waals surface area contributed by atoms with Crippen LogP contribution in [-0.2, 0) is 4.79 Å². The molecule has 2 aliphatic rings. The molecule has 2 fully saturated rings. The number of carbonyl (C=O) groups excluding carboxylic acids is 1. The highest BCUT2D eigenvalue weighted by molar-refractivity contribution is 7.99. The van der Waals surface area contributed by atoms with Gasteiger partial charge in [0.2, 0.25) is 0 Å². The van der Waals surface area contributed by atoms with Crippen molar-refractivity contribution in [3.63, 3.8) is 0 Å². The molecule has 0 aromatic rings. The van der Waals surface area contributed by atoms with Crippen molar-refractivity contribution in [3.8, 4) is 0 Å². The molecule has 2 saturated heterocycles. The molecule has 0 aromatic carbocycles. The van der Waals surface area contributed by atoms with Gasteiger partial charge < -0.3 is 15.3 Å². The molecular formula is C14H24N2O3S. The number of carbonyl (C=O) groups is 2. The second-order valence-corrected chi connectivity index (χ2v) is 7.03. The molecule has 2 atom stereocenters. The highest BCUT2D eigenvalue weighted by Crippen LogP contribution is 2.33. The molecule has 0 bridgehead atoms. The van der Waals surface area contributed by atoms with Gasteiger partial charge in [-0.1, -0.05) is 6.92 Å². The van der Waals surface area contributed by atoms with Crippen molar-refractivity contribution in [1.29, 1.82) is 0 Å². The summed E-state index contributed by atoms with van der Waals surface area (Å²) in [4.78, 5) is 25.4. The number of urea groups is 1. The van der Waals surface area contributed by atoms with E-state index in [1.165, 1.54) is 12.2 Å². The Morgan fingerprint density at radius 3 is 2.90 bits per heavy atom. The number of thioether (sulfide) groups is 1. The predicted octanol–water partition coefficient (Wildman–Crippen LogP) is 2.03. The number of hydrogen-bond acceptors (Lipinski definition) is 3. The molecule has 6 heteroatoms. The summed E-state index contributed by atoms with van der Waals surface area (Å²) in [6, 6.07) is -0.0966. The molecule has 0 radical (unpaired) electrons. The molecule has 2 amide bonds. The van der Waals surface area contributed by atoms with E-state index < -0.39 is 11.4 Å². The minimum Gasteiger partial charge on any atom is -0.481 e. The monoisotopic (exact) mass is 300 g/mol. The lowest BCUT2D eigenvalue weighted by Gasteiger charge is -2.39. The van der Waals surface area contributed by atoms with Crippen molar-refractivity contribution in [2.24, 2.45) is 11.3 Å². The molecule has 114 valence electrons. The van der Waals surface area contributed by atoms with Gasteiger partial charge in [-0.2, -0.15) is 11.8 Å². The van der Waals surface area contributed by atoms with Crippen LogP contribution in [-0.4, -0.2) is 53.1 Å². The van der Waals surface area contributed by atoms with Crippen LogP contribution in [0.5, 0.6) is 0 Å². The summed E-state index contributed by atoms with van der Waals surface area (Å²) in [5.74, 6) is 2.10. The SMILES string of the molecule is CCC1(C(=O)O)CCCN(C(=O)NCC2CCSC2)C1. The Kier molecular flexibility index (Phi) is 5.18. The normalized spacial score (nSPS) is 30.2. The molecule has 2 N–H and O–H groups in total. The highest BCUT2D eigenvalue weighted by atomic mass is 32.2. The molecule has 0 aliphatic carbocycles. The lowest BCUT2D eigenvalue weighted by molar-refractivity contribution is -0.152. The van der Waals surface area contributed by atoms with Gasteiger partial charge in [-0.3, -0.25) is 4.79 Å². The standard InChI is InChI=1S/C14H24N2O3S/c1-2-14(12(17)18)5-3-6-16(10-14)13(19)15-8-11-4-7-20-9-11/h11H,2-10H2,1H3,(H,15,19)(H,17,18). The van der Waals surface area contributed by atoms with Crippen LogP contribution in [0.25, 0.3) is 0 Å². The first-order chi connectivity index (χ1) is 9.57. The molecule has 5 nitrogen and oxygen atoms in total. The Morgan fingerprint density at radius 2 is 2.30 bits per heavy atom. The lowest BCUT2D eigenvalue weighted by Crippen LogP contribution is -2.52. The average molecular weight is 300 g/mol. The third kappa shape index (κ3) is 3.40. The summed E-state index contributed by atoms with van der Waals surface area (Å²) < 4.78 is 0. The molecule has 2 unspecified atom stereocenters. The first kappa shape index (κ1) is 15.5. The average Bonchev–Trinajstić information content (AvgIpc) is 2.97. The van der Waals surface area contributed by atoms with Gasteiger partial charge in [-0.05, 0) is 43.1 Å². The van der Waals surface area contributed by atoms with Crippen molar-refractivity contribution in [1.82, 2.24) is 10.2 Å². The summed E-state index contributed by atoms with van der Waals surface area (Å²) in [5, 5.41) is 12.4. The molecular weight excluding hydrogens is 276 g/mol. The molecule has 20 heavy (non-hydrogen) atoms. The van der Waals surface area contributed by atoms with Crippen molar-refractivity contribution in [2.45, 2.75) is 32.6 Å². The van der Waals surface area contributed by atoms with Gasteiger partial charge in [0.05, 0.1) is 5.41 Å². The summed E-state index contributed by atoms with van der Waals surface area (Å²) in [6.45, 7) is 3.62. The largest absolute Gasteiger partial charge is 0.481 e. The number of likely N-dealkylation sites (tertiary alicyclic amines) is 1. The number of piperidine rings is 1. The lowest BCUT2D eigenvalue weighted by atomic mass is 9.78. The van der Waals surface area contributed by atoms with Gasteiger partial charge in [0.25, 0.3) is 0 Å². The second kappa shape index (κ2) is 6.70. The van der Waals surface area contributed by atoms with E-state index in [2.05, 4.69) is 5.32 Å². The maximum Gasteiger partial charge on any atom is 0.317 e. The topological polar surface area (TPSA) is 69.6 Å². The van der Waals surface area contributed by atoms with Crippen molar-refractivity contribution in [3.05, 3.63) is 0 Å². The van der Waals surface area contributed by atoms with Gasteiger partial charge in [-0.25, -0.2) is 4.79 Å². The Labute approximate surface area is 124 Å². The van der Waals surface area contributed by atoms with Crippen LogP contribution in [0.15, 0.2) is 0 Å². The van der Waals surface area contributed by atoms with Crippen LogP contribution >= 0.6 is 11.8 Å². The number of hydrogen-bond donors (Lipinski definition) is 2. The summed E-state index contributed by atoms with van der Waals surface area (Å²) in [5.41, 5.74) is -0.751. The fourth-order valence-electron chi connectivity index (χ4n) is 3.01. The Balaban J connectivity index is 1.87. The van der Waals surface area contributed by atoms with E-state index in [0.717, 1.165) is 12.2 Å². The van der Waals surface area contributed by atoms with Gasteiger partial charge in [0.1, 0.15) is 0 Å². The quantitative estimate of drug-likeness (QED) is 0.833. The van der Waals surface area contributed by atoms with Crippen molar-refractivity contribution >= 4 is 23.8 Å². The molecule has 0 saturated carbocycles. The van der Waals surface area contributed by atoms with Gasteiger partial charge in [0.15, 0.2) is 0 Å². The molecule has 2 aliphatic heterocycles. The Hall–Kier alpha value is -0.910. The van der Waals surface area contributed by atoms with Gasteiger partial charge >= 0.3 is 12.0 Å². The van der Waals surface area contributed by atoms with Crippen molar-refractivity contribution in [2.75, 3.05) is 31.1 Å². The zero-order chi connectivity index (χ0) is 14.6. The minimum absolute atomic E-state index is 0.0966. The van der Waals surface area contributed by atoms with Crippen LogP contribution in [0, 0.1) is 11.3 Å². The van der Waals surface area contributed by atoms with E-state index in [0.29, 0.717) is 38.4 Å². The van der Waals surface area contributed by atoms with E-state index in [9.17, 15) is 14.7 Å². The number of rotatable bonds is 4. The second-order valence-electron chi connectivity index (χ2n) is 5.88. The van der Waals surface area contributed by atoms with E-state index in [1.54, 1.807) is 4.90 Å². The number of carboxylic acid groups (broad SMARTS) is 1. The number of nitrogens with one attached hydrogen (secondary N) is 1.